The first-order valence-electron chi connectivity index (χ1n) is 0. The van der Waals surface area contributed by atoms with Crippen molar-refractivity contribution in [2.24, 2.45) is 0 Å². The largest absolute Gasteiger partial charge is 3.00 e. The molecule has 0 aromatic heterocycles. The van der Waals surface area contributed by atoms with Gasteiger partial charge in [-0.3, -0.25) is 0 Å². The van der Waals surface area contributed by atoms with Crippen LogP contribution in [0.3, 0.4) is 0 Å². The minimum Gasteiger partial charge on any atom is -3.00 e. The molecular formula is N2Ni3. The van der Waals surface area contributed by atoms with Gasteiger partial charge in [-0.15, -0.1) is 0 Å². The molecule has 0 rings (SSSR count). The van der Waals surface area contributed by atoms with Crippen molar-refractivity contribution >= 4 is 0 Å². The molecule has 0 unspecified atom stereocenters. The quantitative estimate of drug-likeness (QED) is 0.518. The fourth-order valence-electron chi connectivity index (χ4n) is 0. The van der Waals surface area contributed by atoms with E-state index in [9.17, 15) is 0 Å². The minimum absolute atomic E-state index is 0. The van der Waals surface area contributed by atoms with Crippen molar-refractivity contribution in [3.8, 4) is 0 Å². The van der Waals surface area contributed by atoms with Crippen molar-refractivity contribution in [3.63, 3.8) is 0 Å². The van der Waals surface area contributed by atoms with Gasteiger partial charge in [0.15, 0.2) is 0 Å². The fourth-order valence-corrected chi connectivity index (χ4v) is 0. The van der Waals surface area contributed by atoms with Gasteiger partial charge in [0, 0.05) is 0 Å². The molecule has 0 aliphatic carbocycles. The predicted octanol–water partition coefficient (Wildman–Crippen LogP) is 0.570. The summed E-state index contributed by atoms with van der Waals surface area (Å²) in [7, 11) is 0. The standard InChI is InChI=1S/2N.3Ni/q2*-3;3*+2. The van der Waals surface area contributed by atoms with E-state index in [4.69, 9.17) is 0 Å². The Bertz CT molecular complexity index is 4.85. The van der Waals surface area contributed by atoms with E-state index in [1.807, 2.05) is 0 Å². The normalized spacial score (nSPS) is 0. The fraction of sp³-hybridized carbons (Fsp3) is 0. The summed E-state index contributed by atoms with van der Waals surface area (Å²) in [5.74, 6) is 0. The molecule has 0 fully saturated rings. The third-order valence-corrected chi connectivity index (χ3v) is 0. The molecule has 0 saturated carbocycles. The first-order valence-corrected chi connectivity index (χ1v) is 0. The van der Waals surface area contributed by atoms with Gasteiger partial charge >= 0.3 is 49.5 Å². The first-order chi connectivity index (χ1) is 0. The Morgan fingerprint density at radius 1 is 0.400 bits per heavy atom. The van der Waals surface area contributed by atoms with Crippen molar-refractivity contribution in [2.75, 3.05) is 0 Å². The zero-order valence-corrected chi connectivity index (χ0v) is 4.81. The van der Waals surface area contributed by atoms with E-state index in [-0.39, 0.29) is 61.8 Å². The molecular weight excluding hydrogens is 204 g/mol. The Balaban J connectivity index is 0. The number of rotatable bonds is 0. The van der Waals surface area contributed by atoms with E-state index in [0.29, 0.717) is 0 Å². The van der Waals surface area contributed by atoms with Gasteiger partial charge in [0.25, 0.3) is 0 Å². The Kier molecular flexibility index (Phi) is 1010. The average Bonchev–Trinajstić information content (AvgIpc) is 0. The first kappa shape index (κ1) is 95.2. The third kappa shape index (κ3) is 31.8. The monoisotopic (exact) mass is 202 g/mol. The maximum absolute atomic E-state index is 0. The molecule has 40 valence electrons. The number of nitrogens with zero attached hydrogens (tertiary/aromatic N) is 2. The van der Waals surface area contributed by atoms with Crippen LogP contribution >= 0.6 is 0 Å². The Morgan fingerprint density at radius 3 is 0.400 bits per heavy atom. The van der Waals surface area contributed by atoms with E-state index in [2.05, 4.69) is 0 Å². The van der Waals surface area contributed by atoms with Gasteiger partial charge in [0.2, 0.25) is 0 Å². The summed E-state index contributed by atoms with van der Waals surface area (Å²) >= 11 is 0. The number of hydrogen-bond donors (Lipinski definition) is 0. The maximum Gasteiger partial charge on any atom is 2.00 e. The molecule has 0 amide bonds. The summed E-state index contributed by atoms with van der Waals surface area (Å²) in [6.45, 7) is 0. The summed E-state index contributed by atoms with van der Waals surface area (Å²) in [5.41, 5.74) is 0. The second-order valence-corrected chi connectivity index (χ2v) is 0. The molecule has 0 atom stereocenters. The van der Waals surface area contributed by atoms with Crippen molar-refractivity contribution in [1.82, 2.24) is 0 Å². The Hall–Kier alpha value is 1.40. The van der Waals surface area contributed by atoms with Gasteiger partial charge < -0.3 is 12.3 Å². The van der Waals surface area contributed by atoms with Crippen molar-refractivity contribution < 1.29 is 49.5 Å². The molecule has 0 heterocycles. The van der Waals surface area contributed by atoms with Gasteiger partial charge in [-0.1, -0.05) is 0 Å². The van der Waals surface area contributed by atoms with Crippen LogP contribution in [0.4, 0.5) is 0 Å². The van der Waals surface area contributed by atoms with Gasteiger partial charge in [-0.05, 0) is 0 Å². The SMILES string of the molecule is [N-3].[N-3].[Ni+2].[Ni+2].[Ni+2]. The molecule has 0 N–H and O–H groups in total. The third-order valence-electron chi connectivity index (χ3n) is 0. The summed E-state index contributed by atoms with van der Waals surface area (Å²) in [6.07, 6.45) is 0. The Morgan fingerprint density at radius 2 is 0.400 bits per heavy atom. The van der Waals surface area contributed by atoms with E-state index >= 15 is 0 Å². The molecule has 0 aliphatic heterocycles. The molecule has 0 aromatic rings. The average molecular weight is 204 g/mol. The Labute approximate surface area is 61.8 Å². The summed E-state index contributed by atoms with van der Waals surface area (Å²) < 4.78 is 0. The topological polar surface area (TPSA) is 61.0 Å². The summed E-state index contributed by atoms with van der Waals surface area (Å²) in [6, 6.07) is 0. The van der Waals surface area contributed by atoms with E-state index < -0.39 is 0 Å². The molecule has 0 radical (unpaired) electrons. The van der Waals surface area contributed by atoms with Crippen molar-refractivity contribution in [2.45, 2.75) is 0 Å². The van der Waals surface area contributed by atoms with Crippen LogP contribution in [0, 0.1) is 0 Å². The maximum atomic E-state index is 0. The molecule has 0 spiro atoms. The molecule has 0 aromatic carbocycles. The second-order valence-electron chi connectivity index (χ2n) is 0. The van der Waals surface area contributed by atoms with Gasteiger partial charge in [-0.2, -0.15) is 0 Å². The van der Waals surface area contributed by atoms with Gasteiger partial charge in [0.05, 0.1) is 0 Å². The van der Waals surface area contributed by atoms with Crippen LogP contribution in [-0.2, 0) is 49.5 Å². The van der Waals surface area contributed by atoms with Crippen LogP contribution in [-0.4, -0.2) is 0 Å². The smallest absolute Gasteiger partial charge is 2.00 e. The van der Waals surface area contributed by atoms with Crippen LogP contribution < -0.4 is 0 Å². The van der Waals surface area contributed by atoms with Crippen LogP contribution in [0.15, 0.2) is 0 Å². The van der Waals surface area contributed by atoms with E-state index in [1.54, 1.807) is 0 Å². The van der Waals surface area contributed by atoms with Crippen molar-refractivity contribution in [1.29, 1.82) is 0 Å². The molecule has 5 heteroatoms. The zero-order chi connectivity index (χ0) is 0. The van der Waals surface area contributed by atoms with E-state index in [1.165, 1.54) is 0 Å². The van der Waals surface area contributed by atoms with Crippen LogP contribution in [0.5, 0.6) is 0 Å². The van der Waals surface area contributed by atoms with E-state index in [0.717, 1.165) is 0 Å². The van der Waals surface area contributed by atoms with Crippen LogP contribution in [0.25, 0.3) is 12.3 Å². The summed E-state index contributed by atoms with van der Waals surface area (Å²) in [5, 5.41) is 0. The molecule has 5 heavy (non-hydrogen) atoms. The van der Waals surface area contributed by atoms with Crippen LogP contribution in [0.1, 0.15) is 0 Å². The number of hydrogen-bond acceptors (Lipinski definition) is 0. The minimum atomic E-state index is 0. The van der Waals surface area contributed by atoms with Crippen LogP contribution in [0.2, 0.25) is 0 Å². The van der Waals surface area contributed by atoms with Crippen molar-refractivity contribution in [3.05, 3.63) is 12.3 Å². The summed E-state index contributed by atoms with van der Waals surface area (Å²) in [4.78, 5) is 0. The second kappa shape index (κ2) is 53.3. The molecule has 2 nitrogen and oxygen atoms in total. The zero-order valence-electron chi connectivity index (χ0n) is 1.84. The predicted molar refractivity (Wildman–Crippen MR) is 6.72 cm³/mol. The molecule has 0 saturated heterocycles. The molecule has 0 bridgehead atoms. The van der Waals surface area contributed by atoms with Gasteiger partial charge in [-0.25, -0.2) is 0 Å². The van der Waals surface area contributed by atoms with Gasteiger partial charge in [0.1, 0.15) is 0 Å². The molecule has 0 aliphatic rings.